The van der Waals surface area contributed by atoms with E-state index in [1.165, 1.54) is 17.4 Å². The minimum Gasteiger partial charge on any atom is -0.462 e. The van der Waals surface area contributed by atoms with Crippen molar-refractivity contribution in [3.63, 3.8) is 0 Å². The number of hydrogen-bond acceptors (Lipinski definition) is 7. The van der Waals surface area contributed by atoms with Crippen molar-refractivity contribution in [2.45, 2.75) is 26.4 Å². The first kappa shape index (κ1) is 22.4. The van der Waals surface area contributed by atoms with E-state index in [-0.39, 0.29) is 35.3 Å². The molecule has 3 heterocycles. The Morgan fingerprint density at radius 2 is 1.91 bits per heavy atom. The van der Waals surface area contributed by atoms with Crippen LogP contribution in [0.1, 0.15) is 44.7 Å². The molecule has 1 aliphatic rings. The molecule has 0 N–H and O–H groups in total. The lowest BCUT2D eigenvalue weighted by molar-refractivity contribution is -0.151. The van der Waals surface area contributed by atoms with Crippen LogP contribution in [-0.2, 0) is 20.9 Å². The topological polar surface area (TPSA) is 72.9 Å². The number of carbonyl (C=O) groups excluding carboxylic acids is 3. The first-order chi connectivity index (χ1) is 15.5. The van der Waals surface area contributed by atoms with Crippen LogP contribution in [0.15, 0.2) is 35.7 Å². The summed E-state index contributed by atoms with van der Waals surface area (Å²) in [4.78, 5) is 40.2. The van der Waals surface area contributed by atoms with Gasteiger partial charge in [0.2, 0.25) is 0 Å². The van der Waals surface area contributed by atoms with Gasteiger partial charge in [0.1, 0.15) is 17.3 Å². The van der Waals surface area contributed by atoms with E-state index in [0.717, 1.165) is 11.3 Å². The maximum atomic E-state index is 14.5. The third kappa shape index (κ3) is 4.54. The zero-order valence-corrected chi connectivity index (χ0v) is 19.1. The molecule has 0 spiro atoms. The first-order valence-electron chi connectivity index (χ1n) is 10.4. The van der Waals surface area contributed by atoms with Crippen LogP contribution >= 0.6 is 22.7 Å². The van der Waals surface area contributed by atoms with E-state index in [1.54, 1.807) is 30.0 Å². The number of esters is 2. The molecule has 0 radical (unpaired) electrons. The molecular weight excluding hydrogens is 453 g/mol. The molecule has 0 atom stereocenters. The molecule has 2 aromatic heterocycles. The maximum absolute atomic E-state index is 14.5. The number of fused-ring (bicyclic) bond motifs is 1. The van der Waals surface area contributed by atoms with Gasteiger partial charge in [-0.05, 0) is 43.3 Å². The largest absolute Gasteiger partial charge is 0.462 e. The Labute approximate surface area is 192 Å². The standard InChI is InChI=1S/C23H22FNO5S2/c1-2-29-23(28)20-15(19-16(24)5-3-6-17(19)32-20)13-30-22(27)14-8-10-25(11-9-14)21(26)18-7-4-12-31-18/h3-7,12,14H,2,8-11,13H2,1H3. The lowest BCUT2D eigenvalue weighted by Crippen LogP contribution is -2.40. The van der Waals surface area contributed by atoms with Gasteiger partial charge in [-0.15, -0.1) is 22.7 Å². The molecule has 1 fully saturated rings. The van der Waals surface area contributed by atoms with Crippen LogP contribution in [0.3, 0.4) is 0 Å². The number of ether oxygens (including phenoxy) is 2. The highest BCUT2D eigenvalue weighted by Gasteiger charge is 2.30. The molecule has 6 nitrogen and oxygen atoms in total. The van der Waals surface area contributed by atoms with E-state index in [9.17, 15) is 18.8 Å². The van der Waals surface area contributed by atoms with Crippen molar-refractivity contribution in [3.05, 3.63) is 56.8 Å². The summed E-state index contributed by atoms with van der Waals surface area (Å²) >= 11 is 2.52. The predicted molar refractivity (Wildman–Crippen MR) is 120 cm³/mol. The Balaban J connectivity index is 1.42. The van der Waals surface area contributed by atoms with Crippen LogP contribution < -0.4 is 0 Å². The molecule has 1 saturated heterocycles. The molecule has 3 aromatic rings. The Bertz CT molecular complexity index is 1130. The molecule has 1 amide bonds. The second kappa shape index (κ2) is 9.79. The quantitative estimate of drug-likeness (QED) is 0.476. The summed E-state index contributed by atoms with van der Waals surface area (Å²) in [5.41, 5.74) is 0.334. The second-order valence-electron chi connectivity index (χ2n) is 7.39. The predicted octanol–water partition coefficient (Wildman–Crippen LogP) is 4.87. The average Bonchev–Trinajstić information content (AvgIpc) is 3.46. The summed E-state index contributed by atoms with van der Waals surface area (Å²) in [5, 5.41) is 2.14. The molecular formula is C23H22FNO5S2. The van der Waals surface area contributed by atoms with E-state index >= 15 is 0 Å². The molecule has 0 saturated carbocycles. The smallest absolute Gasteiger partial charge is 0.348 e. The summed E-state index contributed by atoms with van der Waals surface area (Å²) in [5.74, 6) is -1.80. The van der Waals surface area contributed by atoms with Crippen molar-refractivity contribution < 1.29 is 28.2 Å². The van der Waals surface area contributed by atoms with Crippen molar-refractivity contribution in [3.8, 4) is 0 Å². The minimum absolute atomic E-state index is 0.0221. The van der Waals surface area contributed by atoms with Gasteiger partial charge in [0, 0.05) is 28.7 Å². The molecule has 9 heteroatoms. The number of carbonyl (C=O) groups is 3. The SMILES string of the molecule is CCOC(=O)c1sc2cccc(F)c2c1COC(=O)C1CCN(C(=O)c2cccs2)CC1. The van der Waals surface area contributed by atoms with Gasteiger partial charge >= 0.3 is 11.9 Å². The molecule has 0 unspecified atom stereocenters. The molecule has 0 bridgehead atoms. The van der Waals surface area contributed by atoms with Gasteiger partial charge in [0.25, 0.3) is 5.91 Å². The molecule has 0 aliphatic carbocycles. The fraction of sp³-hybridized carbons (Fsp3) is 0.348. The summed E-state index contributed by atoms with van der Waals surface area (Å²) in [6.07, 6.45) is 0.999. The molecule has 168 valence electrons. The van der Waals surface area contributed by atoms with Crippen molar-refractivity contribution in [1.29, 1.82) is 0 Å². The number of hydrogen-bond donors (Lipinski definition) is 0. The van der Waals surface area contributed by atoms with E-state index < -0.39 is 17.8 Å². The third-order valence-electron chi connectivity index (χ3n) is 5.43. The maximum Gasteiger partial charge on any atom is 0.348 e. The van der Waals surface area contributed by atoms with Gasteiger partial charge in [-0.3, -0.25) is 9.59 Å². The van der Waals surface area contributed by atoms with E-state index in [2.05, 4.69) is 0 Å². The molecule has 4 rings (SSSR count). The highest BCUT2D eigenvalue weighted by Crippen LogP contribution is 2.34. The van der Waals surface area contributed by atoms with E-state index in [4.69, 9.17) is 9.47 Å². The van der Waals surface area contributed by atoms with Gasteiger partial charge in [-0.2, -0.15) is 0 Å². The second-order valence-corrected chi connectivity index (χ2v) is 9.39. The van der Waals surface area contributed by atoms with Gasteiger partial charge in [0.05, 0.1) is 17.4 Å². The summed E-state index contributed by atoms with van der Waals surface area (Å²) in [6, 6.07) is 8.24. The van der Waals surface area contributed by atoms with Gasteiger partial charge in [-0.25, -0.2) is 9.18 Å². The van der Waals surface area contributed by atoms with Gasteiger partial charge < -0.3 is 14.4 Å². The highest BCUT2D eigenvalue weighted by molar-refractivity contribution is 7.21. The average molecular weight is 476 g/mol. The Kier molecular flexibility index (Phi) is 6.86. The van der Waals surface area contributed by atoms with Crippen LogP contribution in [-0.4, -0.2) is 42.4 Å². The Morgan fingerprint density at radius 3 is 2.59 bits per heavy atom. The van der Waals surface area contributed by atoms with Crippen molar-refractivity contribution >= 4 is 50.6 Å². The molecule has 1 aromatic carbocycles. The normalized spacial score (nSPS) is 14.5. The zero-order chi connectivity index (χ0) is 22.7. The Hall–Kier alpha value is -2.78. The summed E-state index contributed by atoms with van der Waals surface area (Å²) in [6.45, 7) is 2.63. The molecule has 32 heavy (non-hydrogen) atoms. The lowest BCUT2D eigenvalue weighted by Gasteiger charge is -2.30. The van der Waals surface area contributed by atoms with Crippen LogP contribution in [0.5, 0.6) is 0 Å². The van der Waals surface area contributed by atoms with Gasteiger partial charge in [0.15, 0.2) is 0 Å². The number of benzene rings is 1. The van der Waals surface area contributed by atoms with Crippen LogP contribution in [0.25, 0.3) is 10.1 Å². The number of amides is 1. The first-order valence-corrected chi connectivity index (χ1v) is 12.1. The Morgan fingerprint density at radius 1 is 1.12 bits per heavy atom. The monoisotopic (exact) mass is 475 g/mol. The number of thiophene rings is 2. The fourth-order valence-electron chi connectivity index (χ4n) is 3.80. The van der Waals surface area contributed by atoms with E-state index in [0.29, 0.717) is 41.1 Å². The summed E-state index contributed by atoms with van der Waals surface area (Å²) in [7, 11) is 0. The van der Waals surface area contributed by atoms with Crippen molar-refractivity contribution in [2.24, 2.45) is 5.92 Å². The van der Waals surface area contributed by atoms with E-state index in [1.807, 2.05) is 11.4 Å². The fourth-order valence-corrected chi connectivity index (χ4v) is 5.61. The van der Waals surface area contributed by atoms with Crippen molar-refractivity contribution in [2.75, 3.05) is 19.7 Å². The number of halogens is 1. The third-order valence-corrected chi connectivity index (χ3v) is 7.47. The van der Waals surface area contributed by atoms with Crippen LogP contribution in [0, 0.1) is 11.7 Å². The summed E-state index contributed by atoms with van der Waals surface area (Å²) < 4.78 is 25.7. The van der Waals surface area contributed by atoms with Crippen LogP contribution in [0.4, 0.5) is 4.39 Å². The van der Waals surface area contributed by atoms with Crippen LogP contribution in [0.2, 0.25) is 0 Å². The molecule has 1 aliphatic heterocycles. The lowest BCUT2D eigenvalue weighted by atomic mass is 9.97. The van der Waals surface area contributed by atoms with Gasteiger partial charge in [-0.1, -0.05) is 12.1 Å². The minimum atomic E-state index is -0.556. The number of likely N-dealkylation sites (tertiary alicyclic amines) is 1. The number of nitrogens with zero attached hydrogens (tertiary/aromatic N) is 1. The van der Waals surface area contributed by atoms with Crippen molar-refractivity contribution in [1.82, 2.24) is 4.90 Å². The number of rotatable bonds is 6. The highest BCUT2D eigenvalue weighted by atomic mass is 32.1. The number of piperidine rings is 1. The zero-order valence-electron chi connectivity index (χ0n) is 17.5.